The molecule has 0 fully saturated rings. The molecule has 2 unspecified atom stereocenters. The van der Waals surface area contributed by atoms with Crippen LogP contribution < -0.4 is 11.1 Å². The van der Waals surface area contributed by atoms with Crippen LogP contribution in [0.4, 0.5) is 5.13 Å². The fourth-order valence-electron chi connectivity index (χ4n) is 2.51. The van der Waals surface area contributed by atoms with Crippen molar-refractivity contribution in [3.63, 3.8) is 0 Å². The summed E-state index contributed by atoms with van der Waals surface area (Å²) >= 11 is 2.66. The number of hydrogen-bond donors (Lipinski definition) is 2. The number of nitrogens with two attached hydrogens (primary N) is 1. The van der Waals surface area contributed by atoms with Gasteiger partial charge in [-0.2, -0.15) is 0 Å². The minimum absolute atomic E-state index is 0.0331. The molecule has 24 heavy (non-hydrogen) atoms. The van der Waals surface area contributed by atoms with Crippen molar-refractivity contribution in [2.75, 3.05) is 5.73 Å². The molecule has 0 bridgehead atoms. The van der Waals surface area contributed by atoms with E-state index in [1.807, 2.05) is 32.0 Å². The van der Waals surface area contributed by atoms with Crippen LogP contribution in [0.5, 0.6) is 0 Å². The van der Waals surface area contributed by atoms with Gasteiger partial charge in [0.2, 0.25) is 11.0 Å². The van der Waals surface area contributed by atoms with Gasteiger partial charge in [0.15, 0.2) is 4.34 Å². The summed E-state index contributed by atoms with van der Waals surface area (Å²) in [5.41, 5.74) is 6.68. The standard InChI is InChI=1S/C17H18N4OS2/c1-10(13-9-5-7-12-6-3-4-8-14(12)13)19-15(22)11(2)23-17-21-20-16(18)24-17/h3-11H,1-2H3,(H2,18,20)(H,19,22). The van der Waals surface area contributed by atoms with Crippen LogP contribution in [-0.4, -0.2) is 21.4 Å². The van der Waals surface area contributed by atoms with Gasteiger partial charge >= 0.3 is 0 Å². The number of aromatic nitrogens is 2. The lowest BCUT2D eigenvalue weighted by molar-refractivity contribution is -0.120. The Hall–Kier alpha value is -2.12. The van der Waals surface area contributed by atoms with Gasteiger partial charge in [0.25, 0.3) is 0 Å². The third kappa shape index (κ3) is 3.68. The Labute approximate surface area is 148 Å². The fourth-order valence-corrected chi connectivity index (χ4v) is 4.30. The van der Waals surface area contributed by atoms with Crippen LogP contribution in [0.3, 0.4) is 0 Å². The maximum Gasteiger partial charge on any atom is 0.233 e. The zero-order valence-corrected chi connectivity index (χ0v) is 15.0. The van der Waals surface area contributed by atoms with Crippen molar-refractivity contribution in [3.8, 4) is 0 Å². The Kier molecular flexibility index (Phi) is 5.01. The fraction of sp³-hybridized carbons (Fsp3) is 0.235. The number of nitrogens with one attached hydrogen (secondary N) is 1. The normalized spacial score (nSPS) is 13.6. The first kappa shape index (κ1) is 16.7. The van der Waals surface area contributed by atoms with E-state index in [0.29, 0.717) is 9.47 Å². The third-order valence-electron chi connectivity index (χ3n) is 3.72. The number of nitrogen functional groups attached to an aromatic ring is 1. The van der Waals surface area contributed by atoms with Crippen molar-refractivity contribution >= 4 is 44.9 Å². The summed E-state index contributed by atoms with van der Waals surface area (Å²) in [6, 6.07) is 14.2. The van der Waals surface area contributed by atoms with Crippen LogP contribution in [0, 0.1) is 0 Å². The SMILES string of the molecule is CC(Sc1nnc(N)s1)C(=O)NC(C)c1cccc2ccccc12. The molecule has 0 aliphatic heterocycles. The molecule has 0 radical (unpaired) electrons. The Morgan fingerprint density at radius 2 is 1.92 bits per heavy atom. The van der Waals surface area contributed by atoms with E-state index in [1.54, 1.807) is 0 Å². The second-order valence-corrected chi connectivity index (χ2v) is 8.06. The van der Waals surface area contributed by atoms with Crippen molar-refractivity contribution in [2.24, 2.45) is 0 Å². The molecule has 1 amide bonds. The van der Waals surface area contributed by atoms with Crippen molar-refractivity contribution < 1.29 is 4.79 Å². The molecule has 0 aliphatic rings. The highest BCUT2D eigenvalue weighted by Gasteiger charge is 2.19. The van der Waals surface area contributed by atoms with Crippen LogP contribution in [0.25, 0.3) is 10.8 Å². The second-order valence-electron chi connectivity index (χ2n) is 5.46. The summed E-state index contributed by atoms with van der Waals surface area (Å²) in [5, 5.41) is 13.3. The smallest absolute Gasteiger partial charge is 0.233 e. The number of fused-ring (bicyclic) bond motifs is 1. The molecule has 0 saturated carbocycles. The highest BCUT2D eigenvalue weighted by Crippen LogP contribution is 2.29. The maximum atomic E-state index is 12.5. The van der Waals surface area contributed by atoms with E-state index in [2.05, 4.69) is 39.8 Å². The highest BCUT2D eigenvalue weighted by molar-refractivity contribution is 8.02. The number of amides is 1. The molecule has 2 aromatic carbocycles. The van der Waals surface area contributed by atoms with Gasteiger partial charge in [-0.25, -0.2) is 0 Å². The predicted octanol–water partition coefficient (Wildman–Crippen LogP) is 3.63. The Morgan fingerprint density at radius 3 is 2.67 bits per heavy atom. The van der Waals surface area contributed by atoms with E-state index < -0.39 is 0 Å². The average molecular weight is 358 g/mol. The van der Waals surface area contributed by atoms with Gasteiger partial charge in [0.05, 0.1) is 11.3 Å². The summed E-state index contributed by atoms with van der Waals surface area (Å²) in [7, 11) is 0. The molecule has 3 aromatic rings. The first-order valence-corrected chi connectivity index (χ1v) is 9.28. The molecule has 124 valence electrons. The zero-order valence-electron chi connectivity index (χ0n) is 13.4. The molecule has 0 saturated heterocycles. The predicted molar refractivity (Wildman–Crippen MR) is 100 cm³/mol. The van der Waals surface area contributed by atoms with Gasteiger partial charge < -0.3 is 11.1 Å². The van der Waals surface area contributed by atoms with Crippen LogP contribution in [0.15, 0.2) is 46.8 Å². The second kappa shape index (κ2) is 7.19. The lowest BCUT2D eigenvalue weighted by Gasteiger charge is -2.18. The monoisotopic (exact) mass is 358 g/mol. The molecule has 0 aliphatic carbocycles. The summed E-state index contributed by atoms with van der Waals surface area (Å²) in [6.45, 7) is 3.85. The van der Waals surface area contributed by atoms with Gasteiger partial charge in [-0.1, -0.05) is 65.6 Å². The molecule has 5 nitrogen and oxygen atoms in total. The topological polar surface area (TPSA) is 80.9 Å². The van der Waals surface area contributed by atoms with Crippen LogP contribution in [-0.2, 0) is 4.79 Å². The Morgan fingerprint density at radius 1 is 1.17 bits per heavy atom. The van der Waals surface area contributed by atoms with Crippen LogP contribution >= 0.6 is 23.1 Å². The number of nitrogens with zero attached hydrogens (tertiary/aromatic N) is 2. The lowest BCUT2D eigenvalue weighted by Crippen LogP contribution is -2.33. The van der Waals surface area contributed by atoms with Crippen molar-refractivity contribution in [1.82, 2.24) is 15.5 Å². The van der Waals surface area contributed by atoms with Gasteiger partial charge in [0, 0.05) is 0 Å². The largest absolute Gasteiger partial charge is 0.374 e. The molecule has 1 heterocycles. The van der Waals surface area contributed by atoms with Gasteiger partial charge in [-0.3, -0.25) is 4.79 Å². The Bertz CT molecular complexity index is 859. The quantitative estimate of drug-likeness (QED) is 0.681. The zero-order chi connectivity index (χ0) is 17.1. The van der Waals surface area contributed by atoms with Crippen LogP contribution in [0.1, 0.15) is 25.5 Å². The summed E-state index contributed by atoms with van der Waals surface area (Å²) in [4.78, 5) is 12.5. The third-order valence-corrected chi connectivity index (χ3v) is 5.65. The molecule has 3 N–H and O–H groups in total. The number of anilines is 1. The Balaban J connectivity index is 1.71. The molecular weight excluding hydrogens is 340 g/mol. The van der Waals surface area contributed by atoms with Crippen LogP contribution in [0.2, 0.25) is 0 Å². The summed E-state index contributed by atoms with van der Waals surface area (Å²) in [6.07, 6.45) is 0. The van der Waals surface area contributed by atoms with E-state index >= 15 is 0 Å². The lowest BCUT2D eigenvalue weighted by atomic mass is 9.99. The highest BCUT2D eigenvalue weighted by atomic mass is 32.2. The molecule has 2 atom stereocenters. The average Bonchev–Trinajstić information content (AvgIpc) is 2.99. The number of carbonyl (C=O) groups is 1. The van der Waals surface area contributed by atoms with E-state index in [1.165, 1.54) is 28.5 Å². The number of hydrogen-bond acceptors (Lipinski definition) is 6. The van der Waals surface area contributed by atoms with E-state index in [0.717, 1.165) is 10.9 Å². The van der Waals surface area contributed by atoms with Gasteiger partial charge in [-0.05, 0) is 30.2 Å². The molecular formula is C17H18N4OS2. The maximum absolute atomic E-state index is 12.5. The van der Waals surface area contributed by atoms with E-state index in [-0.39, 0.29) is 17.2 Å². The van der Waals surface area contributed by atoms with Gasteiger partial charge in [-0.15, -0.1) is 10.2 Å². The van der Waals surface area contributed by atoms with Gasteiger partial charge in [0.1, 0.15) is 0 Å². The van der Waals surface area contributed by atoms with Crippen molar-refractivity contribution in [3.05, 3.63) is 48.0 Å². The number of thioether (sulfide) groups is 1. The van der Waals surface area contributed by atoms with Crippen molar-refractivity contribution in [1.29, 1.82) is 0 Å². The number of rotatable bonds is 5. The summed E-state index contributed by atoms with van der Waals surface area (Å²) < 4.78 is 0.702. The molecule has 0 spiro atoms. The molecule has 1 aromatic heterocycles. The summed E-state index contributed by atoms with van der Waals surface area (Å²) in [5.74, 6) is -0.0331. The minimum atomic E-state index is -0.269. The first-order chi connectivity index (χ1) is 11.5. The molecule has 7 heteroatoms. The minimum Gasteiger partial charge on any atom is -0.374 e. The van der Waals surface area contributed by atoms with E-state index in [9.17, 15) is 4.79 Å². The number of benzene rings is 2. The van der Waals surface area contributed by atoms with E-state index in [4.69, 9.17) is 5.73 Å². The first-order valence-electron chi connectivity index (χ1n) is 7.58. The number of carbonyl (C=O) groups excluding carboxylic acids is 1. The van der Waals surface area contributed by atoms with Crippen molar-refractivity contribution in [2.45, 2.75) is 29.5 Å². The molecule has 3 rings (SSSR count).